The quantitative estimate of drug-likeness (QED) is 0.314. The van der Waals surface area contributed by atoms with E-state index in [9.17, 15) is 14.4 Å². The topological polar surface area (TPSA) is 91.4 Å². The minimum atomic E-state index is -0.821. The van der Waals surface area contributed by atoms with Crippen LogP contribution < -0.4 is 15.5 Å². The molecule has 1 saturated carbocycles. The molecular formula is C33H40N4O3. The molecule has 1 heterocycles. The summed E-state index contributed by atoms with van der Waals surface area (Å²) >= 11 is 0. The normalized spacial score (nSPS) is 14.3. The van der Waals surface area contributed by atoms with Gasteiger partial charge in [-0.2, -0.15) is 0 Å². The van der Waals surface area contributed by atoms with Gasteiger partial charge >= 0.3 is 0 Å². The zero-order valence-corrected chi connectivity index (χ0v) is 23.8. The summed E-state index contributed by atoms with van der Waals surface area (Å²) in [5.74, 6) is -0.0776. The molecule has 1 atom stereocenters. The third kappa shape index (κ3) is 7.56. The van der Waals surface area contributed by atoms with Crippen molar-refractivity contribution in [3.05, 3.63) is 89.1 Å². The molecule has 0 aliphatic heterocycles. The molecule has 1 aromatic heterocycles. The predicted octanol–water partition coefficient (Wildman–Crippen LogP) is 6.34. The third-order valence-electron chi connectivity index (χ3n) is 7.68. The zero-order chi connectivity index (χ0) is 28.5. The molecular weight excluding hydrogens is 500 g/mol. The number of aromatic nitrogens is 1. The lowest BCUT2D eigenvalue weighted by Crippen LogP contribution is -2.47. The number of carbonyl (C=O) groups is 3. The molecule has 3 aromatic rings. The van der Waals surface area contributed by atoms with Crippen LogP contribution >= 0.6 is 0 Å². The molecule has 1 aliphatic rings. The highest BCUT2D eigenvalue weighted by atomic mass is 16.2. The minimum absolute atomic E-state index is 0.111. The smallest absolute Gasteiger partial charge is 0.248 e. The minimum Gasteiger partial charge on any atom is -0.351 e. The third-order valence-corrected chi connectivity index (χ3v) is 7.68. The van der Waals surface area contributed by atoms with Gasteiger partial charge in [-0.1, -0.05) is 67.3 Å². The van der Waals surface area contributed by atoms with Gasteiger partial charge in [-0.3, -0.25) is 19.3 Å². The largest absolute Gasteiger partial charge is 0.351 e. The van der Waals surface area contributed by atoms with Crippen molar-refractivity contribution in [3.8, 4) is 0 Å². The van der Waals surface area contributed by atoms with Crippen molar-refractivity contribution < 1.29 is 14.4 Å². The molecule has 7 heteroatoms. The summed E-state index contributed by atoms with van der Waals surface area (Å²) in [6.45, 7) is 5.99. The number of aryl methyl sites for hydroxylation is 2. The van der Waals surface area contributed by atoms with E-state index in [1.54, 1.807) is 29.3 Å². The molecule has 2 N–H and O–H groups in total. The average Bonchev–Trinajstić information content (AvgIpc) is 2.95. The first-order valence-electron chi connectivity index (χ1n) is 14.3. The van der Waals surface area contributed by atoms with Gasteiger partial charge in [0.2, 0.25) is 17.7 Å². The zero-order valence-electron chi connectivity index (χ0n) is 23.8. The van der Waals surface area contributed by atoms with E-state index in [2.05, 4.69) is 15.6 Å². The molecule has 2 aromatic carbocycles. The Morgan fingerprint density at radius 2 is 1.65 bits per heavy atom. The maximum Gasteiger partial charge on any atom is 0.248 e. The molecule has 0 spiro atoms. The van der Waals surface area contributed by atoms with Crippen molar-refractivity contribution in [2.45, 2.75) is 84.2 Å². The molecule has 40 heavy (non-hydrogen) atoms. The van der Waals surface area contributed by atoms with Crippen molar-refractivity contribution in [2.75, 3.05) is 10.2 Å². The van der Waals surface area contributed by atoms with Gasteiger partial charge in [0.1, 0.15) is 11.9 Å². The summed E-state index contributed by atoms with van der Waals surface area (Å²) in [7, 11) is 0. The molecule has 1 unspecified atom stereocenters. The standard InChI is InChI=1S/C33H40N4O3/c1-23-18-20-26(21-19-23)32(33(40)35-27-12-5-4-6-13-27)37(28-14-9-11-24(2)25(28)3)31(39)17-10-16-30(38)36-29-15-7-8-22-34-29/h7-9,11,14-15,18-22,27,32H,4-6,10,12-13,16-17H2,1-3H3,(H,35,40)(H,34,36,38). The van der Waals surface area contributed by atoms with Crippen LogP contribution in [-0.4, -0.2) is 28.7 Å². The summed E-state index contributed by atoms with van der Waals surface area (Å²) in [5, 5.41) is 6.04. The van der Waals surface area contributed by atoms with Gasteiger partial charge in [0.05, 0.1) is 0 Å². The van der Waals surface area contributed by atoms with Crippen LogP contribution in [-0.2, 0) is 14.4 Å². The Bertz CT molecular complexity index is 1300. The molecule has 0 saturated heterocycles. The molecule has 4 rings (SSSR count). The summed E-state index contributed by atoms with van der Waals surface area (Å²) in [5.41, 5.74) is 4.55. The summed E-state index contributed by atoms with van der Waals surface area (Å²) < 4.78 is 0. The van der Waals surface area contributed by atoms with E-state index in [1.165, 1.54) is 6.42 Å². The van der Waals surface area contributed by atoms with Gasteiger partial charge in [0, 0.05) is 30.8 Å². The van der Waals surface area contributed by atoms with Crippen molar-refractivity contribution in [2.24, 2.45) is 0 Å². The Morgan fingerprint density at radius 1 is 0.900 bits per heavy atom. The Hall–Kier alpha value is -4.00. The lowest BCUT2D eigenvalue weighted by Gasteiger charge is -2.34. The highest BCUT2D eigenvalue weighted by Gasteiger charge is 2.34. The number of nitrogens with zero attached hydrogens (tertiary/aromatic N) is 2. The van der Waals surface area contributed by atoms with Gasteiger partial charge in [0.25, 0.3) is 0 Å². The van der Waals surface area contributed by atoms with Crippen LogP contribution in [0.4, 0.5) is 11.5 Å². The molecule has 3 amide bonds. The van der Waals surface area contributed by atoms with E-state index in [4.69, 9.17) is 0 Å². The first-order chi connectivity index (χ1) is 19.3. The van der Waals surface area contributed by atoms with Crippen LogP contribution in [0.25, 0.3) is 0 Å². The van der Waals surface area contributed by atoms with Gasteiger partial charge in [-0.15, -0.1) is 0 Å². The SMILES string of the molecule is Cc1ccc(C(C(=O)NC2CCCCC2)N(C(=O)CCCC(=O)Nc2ccccn2)c2cccc(C)c2C)cc1. The molecule has 7 nitrogen and oxygen atoms in total. The summed E-state index contributed by atoms with van der Waals surface area (Å²) in [6, 6.07) is 18.3. The van der Waals surface area contributed by atoms with E-state index in [-0.39, 0.29) is 36.6 Å². The Kier molecular flexibility index (Phi) is 10.1. The fraction of sp³-hybridized carbons (Fsp3) is 0.394. The number of benzene rings is 2. The van der Waals surface area contributed by atoms with E-state index < -0.39 is 6.04 Å². The summed E-state index contributed by atoms with van der Waals surface area (Å²) in [4.78, 5) is 46.3. The lowest BCUT2D eigenvalue weighted by molar-refractivity contribution is -0.127. The second-order valence-electron chi connectivity index (χ2n) is 10.8. The number of carbonyl (C=O) groups excluding carboxylic acids is 3. The highest BCUT2D eigenvalue weighted by molar-refractivity contribution is 6.02. The van der Waals surface area contributed by atoms with Crippen molar-refractivity contribution in [1.29, 1.82) is 0 Å². The Morgan fingerprint density at radius 3 is 2.35 bits per heavy atom. The molecule has 1 fully saturated rings. The molecule has 0 bridgehead atoms. The second-order valence-corrected chi connectivity index (χ2v) is 10.8. The van der Waals surface area contributed by atoms with Gasteiger partial charge in [-0.05, 0) is 74.9 Å². The van der Waals surface area contributed by atoms with E-state index >= 15 is 0 Å². The molecule has 210 valence electrons. The van der Waals surface area contributed by atoms with Crippen LogP contribution in [0.5, 0.6) is 0 Å². The first kappa shape index (κ1) is 29.0. The fourth-order valence-electron chi connectivity index (χ4n) is 5.27. The Labute approximate surface area is 237 Å². The van der Waals surface area contributed by atoms with E-state index in [0.717, 1.165) is 47.9 Å². The maximum absolute atomic E-state index is 14.0. The van der Waals surface area contributed by atoms with Crippen LogP contribution in [0.15, 0.2) is 66.9 Å². The van der Waals surface area contributed by atoms with Crippen LogP contribution in [0.3, 0.4) is 0 Å². The number of nitrogens with one attached hydrogen (secondary N) is 2. The van der Waals surface area contributed by atoms with Crippen molar-refractivity contribution in [3.63, 3.8) is 0 Å². The van der Waals surface area contributed by atoms with Crippen LogP contribution in [0, 0.1) is 20.8 Å². The number of amides is 3. The van der Waals surface area contributed by atoms with Gasteiger partial charge in [-0.25, -0.2) is 4.98 Å². The highest BCUT2D eigenvalue weighted by Crippen LogP contribution is 2.33. The van der Waals surface area contributed by atoms with Crippen molar-refractivity contribution >= 4 is 29.2 Å². The number of hydrogen-bond donors (Lipinski definition) is 2. The predicted molar refractivity (Wildman–Crippen MR) is 159 cm³/mol. The second kappa shape index (κ2) is 13.9. The van der Waals surface area contributed by atoms with Crippen LogP contribution in [0.1, 0.15) is 79.7 Å². The lowest BCUT2D eigenvalue weighted by atomic mass is 9.94. The number of rotatable bonds is 10. The maximum atomic E-state index is 14.0. The Balaban J connectivity index is 1.61. The average molecular weight is 541 g/mol. The van der Waals surface area contributed by atoms with Crippen LogP contribution in [0.2, 0.25) is 0 Å². The number of hydrogen-bond acceptors (Lipinski definition) is 4. The molecule has 1 aliphatic carbocycles. The van der Waals surface area contributed by atoms with E-state index in [1.807, 2.05) is 63.2 Å². The fourth-order valence-corrected chi connectivity index (χ4v) is 5.27. The van der Waals surface area contributed by atoms with Gasteiger partial charge < -0.3 is 10.6 Å². The number of pyridine rings is 1. The first-order valence-corrected chi connectivity index (χ1v) is 14.3. The summed E-state index contributed by atoms with van der Waals surface area (Å²) in [6.07, 6.45) is 7.56. The van der Waals surface area contributed by atoms with Crippen molar-refractivity contribution in [1.82, 2.24) is 10.3 Å². The molecule has 0 radical (unpaired) electrons. The van der Waals surface area contributed by atoms with Gasteiger partial charge in [0.15, 0.2) is 0 Å². The number of anilines is 2. The monoisotopic (exact) mass is 540 g/mol. The van der Waals surface area contributed by atoms with E-state index in [0.29, 0.717) is 17.9 Å².